The van der Waals surface area contributed by atoms with Crippen molar-refractivity contribution in [3.8, 4) is 0 Å². The van der Waals surface area contributed by atoms with Crippen LogP contribution in [0.25, 0.3) is 0 Å². The predicted molar refractivity (Wildman–Crippen MR) is 72.2 cm³/mol. The van der Waals surface area contributed by atoms with Crippen LogP contribution in [0.2, 0.25) is 0 Å². The SMILES string of the molecule is CN(CC1CCCCC1)C(=O)c1ncccc1N. The minimum absolute atomic E-state index is 0.0707. The molecule has 1 aliphatic rings. The second-order valence-corrected chi connectivity index (χ2v) is 5.13. The lowest BCUT2D eigenvalue weighted by molar-refractivity contribution is 0.0756. The summed E-state index contributed by atoms with van der Waals surface area (Å²) in [5.41, 5.74) is 6.61. The van der Waals surface area contributed by atoms with Crippen LogP contribution in [0.15, 0.2) is 18.3 Å². The third-order valence-electron chi connectivity index (χ3n) is 3.65. The lowest BCUT2D eigenvalue weighted by Gasteiger charge is -2.27. The molecule has 0 aromatic carbocycles. The van der Waals surface area contributed by atoms with E-state index in [2.05, 4.69) is 4.98 Å². The molecule has 1 aromatic rings. The van der Waals surface area contributed by atoms with Crippen molar-refractivity contribution in [3.63, 3.8) is 0 Å². The average Bonchev–Trinajstić information content (AvgIpc) is 2.39. The summed E-state index contributed by atoms with van der Waals surface area (Å²) in [4.78, 5) is 18.1. The molecule has 2 N–H and O–H groups in total. The number of nitrogens with two attached hydrogens (primary N) is 1. The first-order valence-corrected chi connectivity index (χ1v) is 6.64. The second-order valence-electron chi connectivity index (χ2n) is 5.13. The fourth-order valence-corrected chi connectivity index (χ4v) is 2.62. The molecule has 0 unspecified atom stereocenters. The lowest BCUT2D eigenvalue weighted by Crippen LogP contribution is -2.33. The molecule has 1 aliphatic carbocycles. The number of hydrogen-bond donors (Lipinski definition) is 1. The molecule has 0 aliphatic heterocycles. The van der Waals surface area contributed by atoms with Crippen LogP contribution in [0.3, 0.4) is 0 Å². The van der Waals surface area contributed by atoms with Crippen molar-refractivity contribution in [1.82, 2.24) is 9.88 Å². The van der Waals surface area contributed by atoms with E-state index in [0.29, 0.717) is 17.3 Å². The highest BCUT2D eigenvalue weighted by Gasteiger charge is 2.20. The van der Waals surface area contributed by atoms with Gasteiger partial charge in [-0.3, -0.25) is 4.79 Å². The fourth-order valence-electron chi connectivity index (χ4n) is 2.62. The van der Waals surface area contributed by atoms with Crippen LogP contribution in [0.1, 0.15) is 42.6 Å². The monoisotopic (exact) mass is 247 g/mol. The highest BCUT2D eigenvalue weighted by molar-refractivity contribution is 5.96. The van der Waals surface area contributed by atoms with Crippen LogP contribution in [-0.2, 0) is 0 Å². The summed E-state index contributed by atoms with van der Waals surface area (Å²) in [6.45, 7) is 0.814. The van der Waals surface area contributed by atoms with Crippen molar-refractivity contribution >= 4 is 11.6 Å². The van der Waals surface area contributed by atoms with Crippen LogP contribution in [0, 0.1) is 5.92 Å². The maximum Gasteiger partial charge on any atom is 0.274 e. The zero-order valence-corrected chi connectivity index (χ0v) is 10.9. The van der Waals surface area contributed by atoms with Gasteiger partial charge in [0.25, 0.3) is 5.91 Å². The number of carbonyl (C=O) groups is 1. The number of rotatable bonds is 3. The Morgan fingerprint density at radius 1 is 1.44 bits per heavy atom. The Bertz CT molecular complexity index is 413. The van der Waals surface area contributed by atoms with Crippen molar-refractivity contribution in [2.75, 3.05) is 19.3 Å². The van der Waals surface area contributed by atoms with Gasteiger partial charge in [0, 0.05) is 19.8 Å². The highest BCUT2D eigenvalue weighted by Crippen LogP contribution is 2.24. The van der Waals surface area contributed by atoms with E-state index in [1.165, 1.54) is 32.1 Å². The van der Waals surface area contributed by atoms with Crippen LogP contribution in [-0.4, -0.2) is 29.4 Å². The van der Waals surface area contributed by atoms with Gasteiger partial charge < -0.3 is 10.6 Å². The van der Waals surface area contributed by atoms with Gasteiger partial charge >= 0.3 is 0 Å². The Balaban J connectivity index is 1.98. The molecular weight excluding hydrogens is 226 g/mol. The van der Waals surface area contributed by atoms with Gasteiger partial charge in [0.2, 0.25) is 0 Å². The molecule has 4 nitrogen and oxygen atoms in total. The van der Waals surface area contributed by atoms with Gasteiger partial charge in [0.1, 0.15) is 0 Å². The summed E-state index contributed by atoms with van der Waals surface area (Å²) in [7, 11) is 1.84. The van der Waals surface area contributed by atoms with Crippen LogP contribution in [0.5, 0.6) is 0 Å². The van der Waals surface area contributed by atoms with Gasteiger partial charge in [-0.25, -0.2) is 4.98 Å². The number of amides is 1. The summed E-state index contributed by atoms with van der Waals surface area (Å²) in [6, 6.07) is 3.46. The molecule has 4 heteroatoms. The molecule has 0 spiro atoms. The summed E-state index contributed by atoms with van der Waals surface area (Å²) in [6.07, 6.45) is 7.99. The van der Waals surface area contributed by atoms with E-state index in [1.807, 2.05) is 7.05 Å². The molecule has 1 aromatic heterocycles. The first-order chi connectivity index (χ1) is 8.68. The van der Waals surface area contributed by atoms with E-state index >= 15 is 0 Å². The predicted octanol–water partition coefficient (Wildman–Crippen LogP) is 2.32. The average molecular weight is 247 g/mol. The van der Waals surface area contributed by atoms with Gasteiger partial charge in [-0.1, -0.05) is 19.3 Å². The highest BCUT2D eigenvalue weighted by atomic mass is 16.2. The first-order valence-electron chi connectivity index (χ1n) is 6.64. The third kappa shape index (κ3) is 3.00. The van der Waals surface area contributed by atoms with Crippen molar-refractivity contribution in [1.29, 1.82) is 0 Å². The van der Waals surface area contributed by atoms with Crippen LogP contribution >= 0.6 is 0 Å². The topological polar surface area (TPSA) is 59.2 Å². The van der Waals surface area contributed by atoms with E-state index in [9.17, 15) is 4.79 Å². The van der Waals surface area contributed by atoms with Crippen molar-refractivity contribution in [2.45, 2.75) is 32.1 Å². The maximum atomic E-state index is 12.2. The second kappa shape index (κ2) is 5.85. The van der Waals surface area contributed by atoms with E-state index < -0.39 is 0 Å². The molecule has 0 atom stereocenters. The van der Waals surface area contributed by atoms with Crippen molar-refractivity contribution < 1.29 is 4.79 Å². The molecule has 98 valence electrons. The molecule has 1 amide bonds. The number of anilines is 1. The third-order valence-corrected chi connectivity index (χ3v) is 3.65. The Kier molecular flexibility index (Phi) is 4.18. The number of aromatic nitrogens is 1. The lowest BCUT2D eigenvalue weighted by atomic mass is 9.89. The van der Waals surface area contributed by atoms with Crippen LogP contribution in [0.4, 0.5) is 5.69 Å². The molecule has 18 heavy (non-hydrogen) atoms. The maximum absolute atomic E-state index is 12.2. The number of nitrogens with zero attached hydrogens (tertiary/aromatic N) is 2. The number of nitrogen functional groups attached to an aromatic ring is 1. The van der Waals surface area contributed by atoms with E-state index in [1.54, 1.807) is 23.2 Å². The minimum atomic E-state index is -0.0707. The van der Waals surface area contributed by atoms with Crippen molar-refractivity contribution in [3.05, 3.63) is 24.0 Å². The molecule has 0 bridgehead atoms. The molecule has 1 heterocycles. The molecule has 0 saturated heterocycles. The Hall–Kier alpha value is -1.58. The Morgan fingerprint density at radius 3 is 2.83 bits per heavy atom. The Morgan fingerprint density at radius 2 is 2.17 bits per heavy atom. The standard InChI is InChI=1S/C14H21N3O/c1-17(10-11-6-3-2-4-7-11)14(18)13-12(15)8-5-9-16-13/h5,8-9,11H,2-4,6-7,10,15H2,1H3. The molecule has 2 rings (SSSR count). The zero-order chi connectivity index (χ0) is 13.0. The summed E-state index contributed by atoms with van der Waals surface area (Å²) in [5, 5.41) is 0. The normalized spacial score (nSPS) is 16.5. The van der Waals surface area contributed by atoms with Gasteiger partial charge in [0.05, 0.1) is 5.69 Å². The van der Waals surface area contributed by atoms with E-state index in [0.717, 1.165) is 6.54 Å². The summed E-state index contributed by atoms with van der Waals surface area (Å²) >= 11 is 0. The molecule has 0 radical (unpaired) electrons. The largest absolute Gasteiger partial charge is 0.397 e. The fraction of sp³-hybridized carbons (Fsp3) is 0.571. The van der Waals surface area contributed by atoms with Crippen LogP contribution < -0.4 is 5.73 Å². The number of carbonyl (C=O) groups excluding carboxylic acids is 1. The molecule has 1 saturated carbocycles. The Labute approximate surface area is 108 Å². The summed E-state index contributed by atoms with van der Waals surface area (Å²) in [5.74, 6) is 0.566. The first kappa shape index (κ1) is 12.9. The number of pyridine rings is 1. The zero-order valence-electron chi connectivity index (χ0n) is 10.9. The quantitative estimate of drug-likeness (QED) is 0.891. The summed E-state index contributed by atoms with van der Waals surface area (Å²) < 4.78 is 0. The number of hydrogen-bond acceptors (Lipinski definition) is 3. The van der Waals surface area contributed by atoms with E-state index in [4.69, 9.17) is 5.73 Å². The van der Waals surface area contributed by atoms with Gasteiger partial charge in [0.15, 0.2) is 5.69 Å². The molecule has 1 fully saturated rings. The minimum Gasteiger partial charge on any atom is -0.397 e. The van der Waals surface area contributed by atoms with Gasteiger partial charge in [-0.15, -0.1) is 0 Å². The van der Waals surface area contributed by atoms with Crippen molar-refractivity contribution in [2.24, 2.45) is 5.92 Å². The molecular formula is C14H21N3O. The van der Waals surface area contributed by atoms with Gasteiger partial charge in [-0.2, -0.15) is 0 Å². The smallest absolute Gasteiger partial charge is 0.274 e. The van der Waals surface area contributed by atoms with Gasteiger partial charge in [-0.05, 0) is 30.9 Å². The van der Waals surface area contributed by atoms with E-state index in [-0.39, 0.29) is 5.91 Å².